The highest BCUT2D eigenvalue weighted by molar-refractivity contribution is 6.14. The zero-order valence-corrected chi connectivity index (χ0v) is 19.8. The molecule has 0 aliphatic carbocycles. The molecule has 0 aromatic heterocycles. The summed E-state index contributed by atoms with van der Waals surface area (Å²) < 4.78 is 0. The van der Waals surface area contributed by atoms with Gasteiger partial charge in [0.2, 0.25) is 0 Å². The average molecular weight is 444 g/mol. The van der Waals surface area contributed by atoms with Gasteiger partial charge in [-0.05, 0) is 59.5 Å². The molecule has 0 amide bonds. The van der Waals surface area contributed by atoms with Gasteiger partial charge in [0.05, 0.1) is 0 Å². The van der Waals surface area contributed by atoms with Crippen molar-refractivity contribution in [2.24, 2.45) is 0 Å². The standard InChI is InChI=1S/C32H29NO/c1-23-7-11-25(12-8-23)17-30-21-33(20-27-15-16-28-5-3-4-6-29(28)19-27)22-31(32(30)34)18-26-13-9-24(2)10-14-26/h3-19H,20-22H2,1-2H3/b30-17+,31-18+. The second-order valence-electron chi connectivity index (χ2n) is 9.32. The Hall–Kier alpha value is -3.75. The lowest BCUT2D eigenvalue weighted by Gasteiger charge is -2.30. The molecule has 0 saturated carbocycles. The van der Waals surface area contributed by atoms with E-state index < -0.39 is 0 Å². The van der Waals surface area contributed by atoms with Gasteiger partial charge in [0, 0.05) is 30.8 Å². The third-order valence-electron chi connectivity index (χ3n) is 6.43. The molecule has 2 heteroatoms. The van der Waals surface area contributed by atoms with Crippen LogP contribution in [0.15, 0.2) is 102 Å². The van der Waals surface area contributed by atoms with Crippen molar-refractivity contribution in [1.82, 2.24) is 4.90 Å². The first-order valence-corrected chi connectivity index (χ1v) is 11.8. The maximum absolute atomic E-state index is 13.5. The minimum Gasteiger partial charge on any atom is -0.290 e. The Kier molecular flexibility index (Phi) is 6.24. The number of rotatable bonds is 4. The minimum atomic E-state index is 0.149. The Morgan fingerprint density at radius 3 is 1.76 bits per heavy atom. The van der Waals surface area contributed by atoms with E-state index in [2.05, 4.69) is 122 Å². The summed E-state index contributed by atoms with van der Waals surface area (Å²) in [6.07, 6.45) is 4.11. The van der Waals surface area contributed by atoms with E-state index in [1.807, 2.05) is 0 Å². The van der Waals surface area contributed by atoms with Crippen molar-refractivity contribution in [3.63, 3.8) is 0 Å². The molecule has 4 aromatic rings. The molecule has 168 valence electrons. The van der Waals surface area contributed by atoms with Crippen LogP contribution < -0.4 is 0 Å². The summed E-state index contributed by atoms with van der Waals surface area (Å²) >= 11 is 0. The van der Waals surface area contributed by atoms with E-state index >= 15 is 0 Å². The zero-order valence-electron chi connectivity index (χ0n) is 19.8. The first kappa shape index (κ1) is 22.1. The van der Waals surface area contributed by atoms with Crippen LogP contribution in [0.25, 0.3) is 22.9 Å². The third-order valence-corrected chi connectivity index (χ3v) is 6.43. The van der Waals surface area contributed by atoms with E-state index in [1.54, 1.807) is 0 Å². The van der Waals surface area contributed by atoms with Gasteiger partial charge in [0.25, 0.3) is 0 Å². The number of aryl methyl sites for hydroxylation is 2. The number of ketones is 1. The molecule has 5 rings (SSSR count). The molecule has 0 unspecified atom stereocenters. The van der Waals surface area contributed by atoms with Crippen molar-refractivity contribution in [2.45, 2.75) is 20.4 Å². The van der Waals surface area contributed by atoms with E-state index in [0.29, 0.717) is 13.1 Å². The lowest BCUT2D eigenvalue weighted by molar-refractivity contribution is -0.113. The van der Waals surface area contributed by atoms with Crippen molar-refractivity contribution in [3.05, 3.63) is 130 Å². The largest absolute Gasteiger partial charge is 0.290 e. The summed E-state index contributed by atoms with van der Waals surface area (Å²) in [6, 6.07) is 31.8. The summed E-state index contributed by atoms with van der Waals surface area (Å²) in [5.41, 5.74) is 7.51. The van der Waals surface area contributed by atoms with E-state index in [0.717, 1.165) is 28.8 Å². The lowest BCUT2D eigenvalue weighted by atomic mass is 9.93. The number of carbonyl (C=O) groups excluding carboxylic acids is 1. The highest BCUT2D eigenvalue weighted by Gasteiger charge is 2.26. The summed E-state index contributed by atoms with van der Waals surface area (Å²) in [5.74, 6) is 0.149. The first-order valence-electron chi connectivity index (χ1n) is 11.8. The molecule has 1 aliphatic rings. The Balaban J connectivity index is 1.48. The lowest BCUT2D eigenvalue weighted by Crippen LogP contribution is -2.37. The molecule has 2 nitrogen and oxygen atoms in total. The highest BCUT2D eigenvalue weighted by Crippen LogP contribution is 2.25. The van der Waals surface area contributed by atoms with Crippen LogP contribution in [0, 0.1) is 13.8 Å². The van der Waals surface area contributed by atoms with Crippen LogP contribution in [-0.2, 0) is 11.3 Å². The fourth-order valence-corrected chi connectivity index (χ4v) is 4.54. The van der Waals surface area contributed by atoms with E-state index in [4.69, 9.17) is 0 Å². The van der Waals surface area contributed by atoms with E-state index in [-0.39, 0.29) is 5.78 Å². The molecule has 0 radical (unpaired) electrons. The Morgan fingerprint density at radius 2 is 1.21 bits per heavy atom. The van der Waals surface area contributed by atoms with E-state index in [9.17, 15) is 4.79 Å². The zero-order chi connectivity index (χ0) is 23.5. The number of hydrogen-bond acceptors (Lipinski definition) is 2. The number of Topliss-reactive ketones (excluding diaryl/α,β-unsaturated/α-hetero) is 1. The Labute approximate surface area is 201 Å². The fraction of sp³-hybridized carbons (Fsp3) is 0.156. The molecule has 0 spiro atoms. The van der Waals surface area contributed by atoms with Gasteiger partial charge in [-0.25, -0.2) is 0 Å². The first-order chi connectivity index (χ1) is 16.5. The van der Waals surface area contributed by atoms with Crippen molar-refractivity contribution in [3.8, 4) is 0 Å². The molecule has 34 heavy (non-hydrogen) atoms. The van der Waals surface area contributed by atoms with Crippen LogP contribution in [0.1, 0.15) is 27.8 Å². The van der Waals surface area contributed by atoms with Gasteiger partial charge in [-0.2, -0.15) is 0 Å². The minimum absolute atomic E-state index is 0.149. The smallest absolute Gasteiger partial charge is 0.187 e. The highest BCUT2D eigenvalue weighted by atomic mass is 16.1. The monoisotopic (exact) mass is 443 g/mol. The number of nitrogens with zero attached hydrogens (tertiary/aromatic N) is 1. The van der Waals surface area contributed by atoms with Crippen LogP contribution in [0.5, 0.6) is 0 Å². The number of benzene rings is 4. The van der Waals surface area contributed by atoms with Gasteiger partial charge in [-0.3, -0.25) is 9.69 Å². The van der Waals surface area contributed by atoms with Gasteiger partial charge in [-0.1, -0.05) is 96.1 Å². The quantitative estimate of drug-likeness (QED) is 0.316. The van der Waals surface area contributed by atoms with Crippen LogP contribution in [0.4, 0.5) is 0 Å². The van der Waals surface area contributed by atoms with Gasteiger partial charge < -0.3 is 0 Å². The normalized spacial score (nSPS) is 17.1. The second-order valence-corrected chi connectivity index (χ2v) is 9.32. The second kappa shape index (κ2) is 9.62. The molecule has 0 N–H and O–H groups in total. The molecule has 0 atom stereocenters. The third kappa shape index (κ3) is 5.08. The molecule has 1 fully saturated rings. The van der Waals surface area contributed by atoms with Crippen molar-refractivity contribution in [2.75, 3.05) is 13.1 Å². The van der Waals surface area contributed by atoms with Crippen LogP contribution >= 0.6 is 0 Å². The summed E-state index contributed by atoms with van der Waals surface area (Å²) in [7, 11) is 0. The number of hydrogen-bond donors (Lipinski definition) is 0. The molecule has 1 saturated heterocycles. The fourth-order valence-electron chi connectivity index (χ4n) is 4.54. The predicted molar refractivity (Wildman–Crippen MR) is 143 cm³/mol. The summed E-state index contributed by atoms with van der Waals surface area (Å²) in [6.45, 7) is 6.25. The number of carbonyl (C=O) groups is 1. The molecule has 1 heterocycles. The van der Waals surface area contributed by atoms with Crippen molar-refractivity contribution in [1.29, 1.82) is 0 Å². The predicted octanol–water partition coefficient (Wildman–Crippen LogP) is 7.01. The molecule has 0 bridgehead atoms. The van der Waals surface area contributed by atoms with E-state index in [1.165, 1.54) is 27.5 Å². The molecule has 1 aliphatic heterocycles. The Bertz CT molecular complexity index is 1320. The maximum atomic E-state index is 13.5. The van der Waals surface area contributed by atoms with Crippen LogP contribution in [0.2, 0.25) is 0 Å². The number of fused-ring (bicyclic) bond motifs is 1. The van der Waals surface area contributed by atoms with Crippen molar-refractivity contribution >= 4 is 28.7 Å². The van der Waals surface area contributed by atoms with Gasteiger partial charge >= 0.3 is 0 Å². The van der Waals surface area contributed by atoms with Gasteiger partial charge in [0.15, 0.2) is 5.78 Å². The number of piperidine rings is 1. The molecular weight excluding hydrogens is 414 g/mol. The number of likely N-dealkylation sites (tertiary alicyclic amines) is 1. The SMILES string of the molecule is Cc1ccc(/C=C2\CN(Cc3ccc4ccccc4c3)C/C(=C\c3ccc(C)cc3)C2=O)cc1. The Morgan fingerprint density at radius 1 is 0.676 bits per heavy atom. The van der Waals surface area contributed by atoms with Crippen LogP contribution in [-0.4, -0.2) is 23.8 Å². The van der Waals surface area contributed by atoms with Gasteiger partial charge in [0.1, 0.15) is 0 Å². The molecular formula is C32H29NO. The van der Waals surface area contributed by atoms with Gasteiger partial charge in [-0.15, -0.1) is 0 Å². The average Bonchev–Trinajstić information content (AvgIpc) is 2.84. The summed E-state index contributed by atoms with van der Waals surface area (Å²) in [4.78, 5) is 15.8. The van der Waals surface area contributed by atoms with Crippen molar-refractivity contribution < 1.29 is 4.79 Å². The summed E-state index contributed by atoms with van der Waals surface area (Å²) in [5, 5.41) is 2.50. The maximum Gasteiger partial charge on any atom is 0.187 e. The topological polar surface area (TPSA) is 20.3 Å². The van der Waals surface area contributed by atoms with Crippen LogP contribution in [0.3, 0.4) is 0 Å². The molecule has 4 aromatic carbocycles.